The third-order valence-electron chi connectivity index (χ3n) is 4.74. The summed E-state index contributed by atoms with van der Waals surface area (Å²) in [7, 11) is -4.57. The lowest BCUT2D eigenvalue weighted by atomic mass is 9.98. The lowest BCUT2D eigenvalue weighted by molar-refractivity contribution is -0.118. The number of nitrogens with zero attached hydrogens (tertiary/aromatic N) is 3. The molecule has 168 valence electrons. The molecule has 0 heterocycles. The van der Waals surface area contributed by atoms with Crippen LogP contribution >= 0.6 is 0 Å². The molecule has 0 fully saturated rings. The first kappa shape index (κ1) is 27.4. The number of carbonyl (C=O) groups excluding carboxylic acids is 1. The summed E-state index contributed by atoms with van der Waals surface area (Å²) in [5.74, 6) is -0.657. The lowest BCUT2D eigenvalue weighted by Crippen LogP contribution is -2.29. The Kier molecular flexibility index (Phi) is 16.3. The Labute approximate surface area is 172 Å². The quantitative estimate of drug-likeness (QED) is 0.186. The number of nitroso groups, excluding NO2 is 3. The molecule has 0 saturated heterocycles. The van der Waals surface area contributed by atoms with E-state index >= 15 is 0 Å². The summed E-state index contributed by atoms with van der Waals surface area (Å²) >= 11 is 0. The van der Waals surface area contributed by atoms with E-state index in [1.54, 1.807) is 0 Å². The highest BCUT2D eigenvalue weighted by atomic mass is 32.2. The minimum absolute atomic E-state index is 0.132. The van der Waals surface area contributed by atoms with Gasteiger partial charge in [0, 0.05) is 11.6 Å². The van der Waals surface area contributed by atoms with E-state index < -0.39 is 28.4 Å². The van der Waals surface area contributed by atoms with Gasteiger partial charge in [-0.3, -0.25) is 4.79 Å². The van der Waals surface area contributed by atoms with Crippen LogP contribution in [-0.2, 0) is 19.3 Å². The van der Waals surface area contributed by atoms with Crippen molar-refractivity contribution >= 4 is 16.2 Å². The van der Waals surface area contributed by atoms with Gasteiger partial charge in [-0.25, -0.2) is 4.18 Å². The van der Waals surface area contributed by atoms with E-state index in [9.17, 15) is 27.9 Å². The van der Waals surface area contributed by atoms with Crippen LogP contribution in [0.5, 0.6) is 0 Å². The SMILES string of the molecule is CCCCCCCCC(OS(=O)(=O)N=O)C(CCCCCCCC(=O)N=O)N=O. The fourth-order valence-corrected chi connectivity index (χ4v) is 3.69. The van der Waals surface area contributed by atoms with Crippen LogP contribution in [-0.4, -0.2) is 26.5 Å². The predicted octanol–water partition coefficient (Wildman–Crippen LogP) is 5.29. The van der Waals surface area contributed by atoms with Crippen molar-refractivity contribution in [1.82, 2.24) is 0 Å². The number of hydrogen-bond acceptors (Lipinski definition) is 8. The number of carbonyl (C=O) groups is 1. The molecule has 1 amide bonds. The summed E-state index contributed by atoms with van der Waals surface area (Å²) in [6.07, 6.45) is 9.25. The average molecular weight is 436 g/mol. The van der Waals surface area contributed by atoms with Crippen LogP contribution in [0.1, 0.15) is 96.8 Å². The molecule has 0 saturated carbocycles. The van der Waals surface area contributed by atoms with Crippen LogP contribution in [0.3, 0.4) is 0 Å². The molecule has 0 aromatic heterocycles. The van der Waals surface area contributed by atoms with Crippen LogP contribution in [0.2, 0.25) is 0 Å². The van der Waals surface area contributed by atoms with Crippen molar-refractivity contribution in [2.75, 3.05) is 0 Å². The number of hydrogen-bond donors (Lipinski definition) is 0. The zero-order chi connectivity index (χ0) is 22.0. The zero-order valence-electron chi connectivity index (χ0n) is 17.2. The second-order valence-electron chi connectivity index (χ2n) is 7.16. The van der Waals surface area contributed by atoms with Gasteiger partial charge in [0.05, 0.1) is 4.58 Å². The fourth-order valence-electron chi connectivity index (χ4n) is 3.12. The number of amides is 1. The second kappa shape index (κ2) is 17.3. The second-order valence-corrected chi connectivity index (χ2v) is 8.35. The molecular weight excluding hydrogens is 402 g/mol. The normalized spacial score (nSPS) is 13.6. The van der Waals surface area contributed by atoms with Gasteiger partial charge >= 0.3 is 10.3 Å². The van der Waals surface area contributed by atoms with E-state index in [2.05, 4.69) is 17.3 Å². The first-order valence-corrected chi connectivity index (χ1v) is 11.7. The van der Waals surface area contributed by atoms with Crippen molar-refractivity contribution in [3.05, 3.63) is 14.7 Å². The van der Waals surface area contributed by atoms with E-state index in [1.807, 2.05) is 4.58 Å². The third kappa shape index (κ3) is 15.0. The van der Waals surface area contributed by atoms with Gasteiger partial charge in [0.1, 0.15) is 12.1 Å². The molecule has 0 spiro atoms. The molecule has 0 bridgehead atoms. The first-order valence-electron chi connectivity index (χ1n) is 10.4. The molecule has 0 N–H and O–H groups in total. The minimum Gasteiger partial charge on any atom is -0.269 e. The highest BCUT2D eigenvalue weighted by Gasteiger charge is 2.28. The molecule has 0 aromatic carbocycles. The Morgan fingerprint density at radius 3 is 1.93 bits per heavy atom. The molecule has 0 aliphatic heterocycles. The largest absolute Gasteiger partial charge is 0.416 e. The van der Waals surface area contributed by atoms with Gasteiger partial charge in [0.15, 0.2) is 0 Å². The number of unbranched alkanes of at least 4 members (excludes halogenated alkanes) is 9. The van der Waals surface area contributed by atoms with Gasteiger partial charge in [0.25, 0.3) is 5.91 Å². The van der Waals surface area contributed by atoms with E-state index in [0.717, 1.165) is 51.4 Å². The summed E-state index contributed by atoms with van der Waals surface area (Å²) in [4.78, 5) is 42.5. The Balaban J connectivity index is 4.41. The van der Waals surface area contributed by atoms with Crippen molar-refractivity contribution in [3.63, 3.8) is 0 Å². The van der Waals surface area contributed by atoms with Gasteiger partial charge in [-0.05, 0) is 19.3 Å². The first-order chi connectivity index (χ1) is 13.9. The molecule has 0 aromatic rings. The summed E-state index contributed by atoms with van der Waals surface area (Å²) in [5, 5.41) is 5.36. The van der Waals surface area contributed by atoms with Gasteiger partial charge in [-0.15, -0.1) is 9.81 Å². The van der Waals surface area contributed by atoms with E-state index in [4.69, 9.17) is 4.18 Å². The fraction of sp³-hybridized carbons (Fsp3) is 0.944. The van der Waals surface area contributed by atoms with Crippen LogP contribution in [0, 0.1) is 14.7 Å². The van der Waals surface area contributed by atoms with Crippen molar-refractivity contribution < 1.29 is 17.4 Å². The maximum atomic E-state index is 11.4. The van der Waals surface area contributed by atoms with Crippen LogP contribution in [0.25, 0.3) is 0 Å². The molecule has 2 unspecified atom stereocenters. The standard InChI is InChI=1S/C18H33N3O7S/c1-2-3-4-5-8-11-14-17(28-29(26,27)21-25)16(19-23)13-10-7-6-9-12-15-18(22)20-24/h16-17H,2-15H2,1H3. The van der Waals surface area contributed by atoms with Crippen molar-refractivity contribution in [2.24, 2.45) is 14.9 Å². The highest BCUT2D eigenvalue weighted by molar-refractivity contribution is 7.85. The van der Waals surface area contributed by atoms with Gasteiger partial charge in [-0.2, -0.15) is 13.3 Å². The van der Waals surface area contributed by atoms with E-state index in [0.29, 0.717) is 32.1 Å². The third-order valence-corrected chi connectivity index (χ3v) is 5.41. The van der Waals surface area contributed by atoms with Crippen molar-refractivity contribution in [2.45, 2.75) is 109 Å². The molecule has 0 rings (SSSR count). The zero-order valence-corrected chi connectivity index (χ0v) is 18.0. The summed E-state index contributed by atoms with van der Waals surface area (Å²) in [6.45, 7) is 2.11. The number of rotatable bonds is 20. The molecular formula is C18H33N3O7S. The molecule has 10 nitrogen and oxygen atoms in total. The van der Waals surface area contributed by atoms with Crippen LogP contribution in [0.15, 0.2) is 14.9 Å². The van der Waals surface area contributed by atoms with Gasteiger partial charge < -0.3 is 0 Å². The van der Waals surface area contributed by atoms with Gasteiger partial charge in [-0.1, -0.05) is 76.3 Å². The summed E-state index contributed by atoms with van der Waals surface area (Å²) < 4.78 is 29.7. The Morgan fingerprint density at radius 1 is 0.828 bits per heavy atom. The Bertz CT molecular complexity index is 584. The van der Waals surface area contributed by atoms with Crippen LogP contribution < -0.4 is 0 Å². The molecule has 0 aliphatic rings. The topological polar surface area (TPSA) is 149 Å². The lowest BCUT2D eigenvalue weighted by Gasteiger charge is -2.20. The summed E-state index contributed by atoms with van der Waals surface area (Å²) in [5.41, 5.74) is 0. The maximum Gasteiger partial charge on any atom is 0.416 e. The molecule has 0 aliphatic carbocycles. The van der Waals surface area contributed by atoms with Gasteiger partial charge in [0.2, 0.25) is 0 Å². The van der Waals surface area contributed by atoms with Crippen molar-refractivity contribution in [3.8, 4) is 0 Å². The minimum atomic E-state index is -4.57. The predicted molar refractivity (Wildman–Crippen MR) is 110 cm³/mol. The Hall–Kier alpha value is -1.62. The maximum absolute atomic E-state index is 11.4. The van der Waals surface area contributed by atoms with Crippen LogP contribution in [0.4, 0.5) is 0 Å². The average Bonchev–Trinajstić information content (AvgIpc) is 2.71. The smallest absolute Gasteiger partial charge is 0.269 e. The molecule has 11 heteroatoms. The van der Waals surface area contributed by atoms with E-state index in [1.165, 1.54) is 0 Å². The highest BCUT2D eigenvalue weighted by Crippen LogP contribution is 2.22. The molecule has 29 heavy (non-hydrogen) atoms. The monoisotopic (exact) mass is 435 g/mol. The molecule has 0 radical (unpaired) electrons. The summed E-state index contributed by atoms with van der Waals surface area (Å²) in [6, 6.07) is -0.872. The Morgan fingerprint density at radius 2 is 1.38 bits per heavy atom. The van der Waals surface area contributed by atoms with Crippen molar-refractivity contribution in [1.29, 1.82) is 0 Å². The molecule has 2 atom stereocenters. The van der Waals surface area contributed by atoms with E-state index in [-0.39, 0.29) is 6.42 Å².